The molecule has 1 N–H and O–H groups in total. The van der Waals surface area contributed by atoms with Crippen molar-refractivity contribution >= 4 is 23.2 Å². The summed E-state index contributed by atoms with van der Waals surface area (Å²) >= 11 is 5.68. The molecule has 0 bridgehead atoms. The number of carbonyl (C=O) groups is 1. The summed E-state index contributed by atoms with van der Waals surface area (Å²) in [6.45, 7) is 5.79. The van der Waals surface area contributed by atoms with Crippen LogP contribution < -0.4 is 5.32 Å². The fourth-order valence-electron chi connectivity index (χ4n) is 1.16. The number of amides is 1. The predicted molar refractivity (Wildman–Crippen MR) is 70.3 cm³/mol. The lowest BCUT2D eigenvalue weighted by Crippen LogP contribution is -2.27. The van der Waals surface area contributed by atoms with Gasteiger partial charge in [0.25, 0.3) is 0 Å². The molecule has 0 radical (unpaired) electrons. The number of benzene rings is 1. The lowest BCUT2D eigenvalue weighted by molar-refractivity contribution is -0.125. The number of hydrogen-bond donors (Lipinski definition) is 1. The van der Waals surface area contributed by atoms with Gasteiger partial charge in [-0.1, -0.05) is 12.1 Å². The lowest BCUT2D eigenvalue weighted by atomic mass is 10.2. The van der Waals surface area contributed by atoms with Crippen molar-refractivity contribution in [1.29, 1.82) is 0 Å². The molecule has 1 aromatic carbocycles. The number of nitrogens with one attached hydrogen (secondary N) is 1. The van der Waals surface area contributed by atoms with Crippen molar-refractivity contribution in [3.8, 4) is 0 Å². The summed E-state index contributed by atoms with van der Waals surface area (Å²) in [5, 5.41) is 2.76. The number of alkyl halides is 1. The van der Waals surface area contributed by atoms with Crippen LogP contribution in [0.25, 0.3) is 0 Å². The second-order valence-corrected chi connectivity index (χ2v) is 5.05. The molecule has 0 spiro atoms. The van der Waals surface area contributed by atoms with E-state index in [1.807, 2.05) is 45.0 Å². The highest BCUT2D eigenvalue weighted by Crippen LogP contribution is 2.12. The molecular weight excluding hydrogens is 238 g/mol. The van der Waals surface area contributed by atoms with E-state index in [-0.39, 0.29) is 18.1 Å². The van der Waals surface area contributed by atoms with E-state index in [1.54, 1.807) is 0 Å². The molecule has 3 nitrogen and oxygen atoms in total. The van der Waals surface area contributed by atoms with Gasteiger partial charge in [-0.25, -0.2) is 0 Å². The molecule has 0 aliphatic carbocycles. The van der Waals surface area contributed by atoms with Crippen LogP contribution >= 0.6 is 11.6 Å². The summed E-state index contributed by atoms with van der Waals surface area (Å²) < 4.78 is 5.38. The number of hydrogen-bond acceptors (Lipinski definition) is 2. The number of carbonyl (C=O) groups excluding carboxylic acids is 1. The van der Waals surface area contributed by atoms with E-state index in [9.17, 15) is 4.79 Å². The minimum Gasteiger partial charge on any atom is -0.366 e. The van der Waals surface area contributed by atoms with Crippen LogP contribution in [0, 0.1) is 0 Å². The van der Waals surface area contributed by atoms with E-state index in [0.29, 0.717) is 5.88 Å². The summed E-state index contributed by atoms with van der Waals surface area (Å²) in [4.78, 5) is 11.6. The fraction of sp³-hybridized carbons (Fsp3) is 0.462. The SMILES string of the molecule is CC(C)(C)OCC(=O)Nc1ccc(CCl)cc1. The van der Waals surface area contributed by atoms with E-state index in [4.69, 9.17) is 16.3 Å². The van der Waals surface area contributed by atoms with Gasteiger partial charge in [-0.15, -0.1) is 11.6 Å². The minimum absolute atomic E-state index is 0.0563. The van der Waals surface area contributed by atoms with Gasteiger partial charge in [0, 0.05) is 11.6 Å². The molecule has 0 fully saturated rings. The number of anilines is 1. The first-order valence-electron chi connectivity index (χ1n) is 5.49. The van der Waals surface area contributed by atoms with E-state index in [2.05, 4.69) is 5.32 Å². The number of halogens is 1. The van der Waals surface area contributed by atoms with Gasteiger partial charge in [-0.2, -0.15) is 0 Å². The standard InChI is InChI=1S/C13H18ClNO2/c1-13(2,3)17-9-12(16)15-11-6-4-10(8-14)5-7-11/h4-7H,8-9H2,1-3H3,(H,15,16). The Morgan fingerprint density at radius 3 is 2.35 bits per heavy atom. The minimum atomic E-state index is -0.306. The van der Waals surface area contributed by atoms with Gasteiger partial charge < -0.3 is 10.1 Å². The topological polar surface area (TPSA) is 38.3 Å². The van der Waals surface area contributed by atoms with Crippen LogP contribution in [-0.4, -0.2) is 18.1 Å². The molecule has 1 amide bonds. The highest BCUT2D eigenvalue weighted by atomic mass is 35.5. The second kappa shape index (κ2) is 6.03. The molecule has 1 rings (SSSR count). The van der Waals surface area contributed by atoms with Crippen LogP contribution in [0.5, 0.6) is 0 Å². The Hall–Kier alpha value is -1.06. The van der Waals surface area contributed by atoms with Crippen molar-refractivity contribution in [3.05, 3.63) is 29.8 Å². The van der Waals surface area contributed by atoms with Crippen LogP contribution in [0.2, 0.25) is 0 Å². The summed E-state index contributed by atoms with van der Waals surface area (Å²) in [6, 6.07) is 7.42. The van der Waals surface area contributed by atoms with Crippen molar-refractivity contribution < 1.29 is 9.53 Å². The number of rotatable bonds is 4. The van der Waals surface area contributed by atoms with E-state index in [1.165, 1.54) is 0 Å². The third-order valence-corrected chi connectivity index (χ3v) is 2.34. The van der Waals surface area contributed by atoms with Gasteiger partial charge in [-0.3, -0.25) is 4.79 Å². The average molecular weight is 256 g/mol. The molecule has 1 aromatic rings. The van der Waals surface area contributed by atoms with Gasteiger partial charge in [0.15, 0.2) is 0 Å². The van der Waals surface area contributed by atoms with Crippen LogP contribution in [0.1, 0.15) is 26.3 Å². The Morgan fingerprint density at radius 2 is 1.88 bits per heavy atom. The zero-order chi connectivity index (χ0) is 12.9. The quantitative estimate of drug-likeness (QED) is 0.840. The van der Waals surface area contributed by atoms with Gasteiger partial charge in [0.2, 0.25) is 5.91 Å². The molecule has 4 heteroatoms. The highest BCUT2D eigenvalue weighted by Gasteiger charge is 2.12. The Bertz CT molecular complexity index is 368. The summed E-state index contributed by atoms with van der Waals surface area (Å²) in [6.07, 6.45) is 0. The van der Waals surface area contributed by atoms with Crippen molar-refractivity contribution in [2.24, 2.45) is 0 Å². The van der Waals surface area contributed by atoms with Crippen LogP contribution in [0.3, 0.4) is 0 Å². The number of ether oxygens (including phenoxy) is 1. The first-order chi connectivity index (χ1) is 7.90. The molecule has 0 saturated carbocycles. The van der Waals surface area contributed by atoms with Gasteiger partial charge in [-0.05, 0) is 38.5 Å². The van der Waals surface area contributed by atoms with E-state index >= 15 is 0 Å². The lowest BCUT2D eigenvalue weighted by Gasteiger charge is -2.19. The van der Waals surface area contributed by atoms with Crippen LogP contribution in [0.15, 0.2) is 24.3 Å². The Morgan fingerprint density at radius 1 is 1.29 bits per heavy atom. The van der Waals surface area contributed by atoms with Gasteiger partial charge in [0.05, 0.1) is 5.60 Å². The highest BCUT2D eigenvalue weighted by molar-refractivity contribution is 6.17. The maximum Gasteiger partial charge on any atom is 0.250 e. The maximum atomic E-state index is 11.6. The summed E-state index contributed by atoms with van der Waals surface area (Å²) in [7, 11) is 0. The van der Waals surface area contributed by atoms with E-state index in [0.717, 1.165) is 11.3 Å². The Labute approximate surface area is 107 Å². The third-order valence-electron chi connectivity index (χ3n) is 2.03. The summed E-state index contributed by atoms with van der Waals surface area (Å²) in [5.41, 5.74) is 1.47. The predicted octanol–water partition coefficient (Wildman–Crippen LogP) is 3.18. The Balaban J connectivity index is 2.45. The molecule has 17 heavy (non-hydrogen) atoms. The van der Waals surface area contributed by atoms with E-state index < -0.39 is 0 Å². The van der Waals surface area contributed by atoms with Crippen molar-refractivity contribution in [2.75, 3.05) is 11.9 Å². The first-order valence-corrected chi connectivity index (χ1v) is 6.03. The van der Waals surface area contributed by atoms with Crippen molar-refractivity contribution in [2.45, 2.75) is 32.3 Å². The zero-order valence-electron chi connectivity index (χ0n) is 10.4. The third kappa shape index (κ3) is 5.71. The molecule has 0 aliphatic heterocycles. The van der Waals surface area contributed by atoms with Gasteiger partial charge >= 0.3 is 0 Å². The van der Waals surface area contributed by atoms with Crippen LogP contribution in [-0.2, 0) is 15.4 Å². The van der Waals surface area contributed by atoms with Crippen LogP contribution in [0.4, 0.5) is 5.69 Å². The molecular formula is C13H18ClNO2. The molecule has 0 aliphatic rings. The largest absolute Gasteiger partial charge is 0.366 e. The molecule has 0 atom stereocenters. The van der Waals surface area contributed by atoms with Gasteiger partial charge in [0.1, 0.15) is 6.61 Å². The smallest absolute Gasteiger partial charge is 0.250 e. The Kier molecular flexibility index (Phi) is 4.97. The molecule has 0 heterocycles. The van der Waals surface area contributed by atoms with Crippen molar-refractivity contribution in [1.82, 2.24) is 0 Å². The summed E-state index contributed by atoms with van der Waals surface area (Å²) in [5.74, 6) is 0.319. The maximum absolute atomic E-state index is 11.6. The second-order valence-electron chi connectivity index (χ2n) is 4.78. The molecule has 0 saturated heterocycles. The molecule has 94 valence electrons. The zero-order valence-corrected chi connectivity index (χ0v) is 11.2. The normalized spacial score (nSPS) is 11.3. The molecule has 0 unspecified atom stereocenters. The molecule has 0 aromatic heterocycles. The monoisotopic (exact) mass is 255 g/mol. The average Bonchev–Trinajstić information content (AvgIpc) is 2.27. The first kappa shape index (κ1) is 14.0. The van der Waals surface area contributed by atoms with Crippen molar-refractivity contribution in [3.63, 3.8) is 0 Å². The fourth-order valence-corrected chi connectivity index (χ4v) is 1.33.